The van der Waals surface area contributed by atoms with E-state index in [1.165, 1.54) is 30.8 Å². The van der Waals surface area contributed by atoms with Crippen molar-refractivity contribution in [1.29, 1.82) is 0 Å². The highest BCUT2D eigenvalue weighted by atomic mass is 28.4. The van der Waals surface area contributed by atoms with Crippen LogP contribution in [0.4, 0.5) is 26.3 Å². The molecule has 0 spiro atoms. The lowest BCUT2D eigenvalue weighted by molar-refractivity contribution is -0.362. The van der Waals surface area contributed by atoms with Gasteiger partial charge in [0, 0.05) is 0 Å². The lowest BCUT2D eigenvalue weighted by Gasteiger charge is -2.61. The van der Waals surface area contributed by atoms with Crippen LogP contribution >= 0.6 is 0 Å². The minimum atomic E-state index is -5.57. The number of hydrogen-bond donors (Lipinski definition) is 0. The monoisotopic (exact) mass is 720 g/mol. The molecule has 274 valence electrons. The van der Waals surface area contributed by atoms with Crippen molar-refractivity contribution in [1.82, 2.24) is 0 Å². The third kappa shape index (κ3) is 6.96. The Kier molecular flexibility index (Phi) is 10.7. The van der Waals surface area contributed by atoms with E-state index in [-0.39, 0.29) is 46.6 Å². The molecule has 3 aliphatic rings. The van der Waals surface area contributed by atoms with Gasteiger partial charge in [-0.3, -0.25) is 0 Å². The summed E-state index contributed by atoms with van der Waals surface area (Å²) in [6, 6.07) is 6.18. The Morgan fingerprint density at radius 1 is 0.958 bits per heavy atom. The fourth-order valence-electron chi connectivity index (χ4n) is 9.43. The zero-order valence-corrected chi connectivity index (χ0v) is 32.7. The second-order valence-electron chi connectivity index (χ2n) is 17.6. The molecule has 3 aliphatic carbocycles. The van der Waals surface area contributed by atoms with E-state index in [9.17, 15) is 26.3 Å². The number of fused-ring (bicyclic) bond motifs is 5. The van der Waals surface area contributed by atoms with Crippen LogP contribution in [0.15, 0.2) is 30.9 Å². The van der Waals surface area contributed by atoms with Gasteiger partial charge in [-0.15, -0.1) is 6.58 Å². The Balaban J connectivity index is 1.72. The van der Waals surface area contributed by atoms with Crippen molar-refractivity contribution in [2.45, 2.75) is 153 Å². The van der Waals surface area contributed by atoms with Gasteiger partial charge in [0.05, 0.1) is 13.2 Å². The lowest BCUT2D eigenvalue weighted by Crippen LogP contribution is -2.62. The van der Waals surface area contributed by atoms with Gasteiger partial charge in [-0.05, 0) is 141 Å². The maximum atomic E-state index is 14.3. The number of aryl methyl sites for hydroxylation is 1. The molecule has 11 heteroatoms. The molecule has 0 amide bonds. The Morgan fingerprint density at radius 3 is 2.10 bits per heavy atom. The van der Waals surface area contributed by atoms with Gasteiger partial charge in [0.2, 0.25) is 5.60 Å². The molecule has 0 N–H and O–H groups in total. The molecule has 0 bridgehead atoms. The first-order chi connectivity index (χ1) is 21.8. The van der Waals surface area contributed by atoms with Crippen molar-refractivity contribution >= 4 is 16.6 Å². The first-order valence-electron chi connectivity index (χ1n) is 17.6. The highest BCUT2D eigenvalue weighted by Crippen LogP contribution is 2.70. The molecule has 0 aromatic heterocycles. The molecule has 4 rings (SSSR count). The summed E-state index contributed by atoms with van der Waals surface area (Å²) in [5.41, 5.74) is -2.20. The maximum Gasteiger partial charge on any atom is 0.425 e. The van der Waals surface area contributed by atoms with E-state index >= 15 is 0 Å². The second kappa shape index (κ2) is 13.0. The molecule has 0 aliphatic heterocycles. The summed E-state index contributed by atoms with van der Waals surface area (Å²) in [6.07, 6.45) is -5.11. The number of allylic oxidation sites excluding steroid dienone is 1. The van der Waals surface area contributed by atoms with Gasteiger partial charge in [-0.25, -0.2) is 0 Å². The number of rotatable bonds is 11. The predicted octanol–water partition coefficient (Wildman–Crippen LogP) is 12.0. The molecule has 2 saturated carbocycles. The van der Waals surface area contributed by atoms with Gasteiger partial charge in [0.15, 0.2) is 16.6 Å². The van der Waals surface area contributed by atoms with Crippen molar-refractivity contribution in [2.75, 3.05) is 7.11 Å². The van der Waals surface area contributed by atoms with Gasteiger partial charge >= 0.3 is 12.4 Å². The van der Waals surface area contributed by atoms with Crippen LogP contribution in [0.25, 0.3) is 0 Å². The summed E-state index contributed by atoms with van der Waals surface area (Å²) in [5.74, 6) is 1.17. The zero-order valence-electron chi connectivity index (χ0n) is 30.7. The van der Waals surface area contributed by atoms with Gasteiger partial charge in [0.25, 0.3) is 0 Å². The van der Waals surface area contributed by atoms with Gasteiger partial charge in [0.1, 0.15) is 5.75 Å². The molecule has 0 saturated heterocycles. The van der Waals surface area contributed by atoms with E-state index in [2.05, 4.69) is 65.6 Å². The third-order valence-electron chi connectivity index (χ3n) is 12.5. The van der Waals surface area contributed by atoms with E-state index in [0.29, 0.717) is 12.3 Å². The molecular formula is C37H58F6O3Si2. The van der Waals surface area contributed by atoms with E-state index < -0.39 is 41.0 Å². The summed E-state index contributed by atoms with van der Waals surface area (Å²) in [4.78, 5) is 0. The summed E-state index contributed by atoms with van der Waals surface area (Å²) in [7, 11) is -3.72. The maximum absolute atomic E-state index is 14.3. The van der Waals surface area contributed by atoms with Crippen LogP contribution in [0.3, 0.4) is 0 Å². The summed E-state index contributed by atoms with van der Waals surface area (Å²) in [5, 5.41) is 0.0262. The van der Waals surface area contributed by atoms with Crippen molar-refractivity contribution in [2.24, 2.45) is 22.7 Å². The van der Waals surface area contributed by atoms with Crippen LogP contribution in [-0.2, 0) is 15.3 Å². The SMILES string of the molecule is C=C[C@@]12CCc3cc(OC)ccc3[C@H]1[C@@H](CCCCC(O[Si](C)(C)C)(C(F)(F)F)C(F)(F)F)C[C@]1(C)[C@@H](O[Si](C)(C)C(C)(C)C)CC[C@H]12. The summed E-state index contributed by atoms with van der Waals surface area (Å²) >= 11 is 0. The fourth-order valence-corrected chi connectivity index (χ4v) is 12.3. The topological polar surface area (TPSA) is 27.7 Å². The minimum Gasteiger partial charge on any atom is -0.497 e. The van der Waals surface area contributed by atoms with E-state index in [4.69, 9.17) is 13.6 Å². The molecule has 1 aromatic carbocycles. The molecule has 0 heterocycles. The fraction of sp³-hybridized carbons (Fsp3) is 0.784. The van der Waals surface area contributed by atoms with E-state index in [1.807, 2.05) is 6.07 Å². The number of halogens is 6. The Morgan fingerprint density at radius 2 is 1.58 bits per heavy atom. The normalized spacial score (nSPS) is 30.0. The van der Waals surface area contributed by atoms with Gasteiger partial charge in [-0.2, -0.15) is 26.3 Å². The second-order valence-corrected chi connectivity index (χ2v) is 26.8. The highest BCUT2D eigenvalue weighted by molar-refractivity contribution is 6.74. The smallest absolute Gasteiger partial charge is 0.425 e. The number of benzene rings is 1. The lowest BCUT2D eigenvalue weighted by atomic mass is 9.44. The van der Waals surface area contributed by atoms with Crippen LogP contribution in [0.1, 0.15) is 96.1 Å². The highest BCUT2D eigenvalue weighted by Gasteiger charge is 2.72. The van der Waals surface area contributed by atoms with Crippen LogP contribution in [0, 0.1) is 22.7 Å². The summed E-state index contributed by atoms with van der Waals surface area (Å²) in [6.45, 7) is 22.1. The average molecular weight is 721 g/mol. The Hall–Kier alpha value is -1.31. The zero-order chi connectivity index (χ0) is 36.4. The van der Waals surface area contributed by atoms with Crippen LogP contribution < -0.4 is 4.74 Å². The minimum absolute atomic E-state index is 0.0262. The number of ether oxygens (including phenoxy) is 1. The number of methoxy groups -OCH3 is 1. The summed E-state index contributed by atoms with van der Waals surface area (Å²) < 4.78 is 104. The van der Waals surface area contributed by atoms with Crippen LogP contribution in [-0.4, -0.2) is 47.8 Å². The molecule has 2 fully saturated rings. The first kappa shape index (κ1) is 39.5. The molecule has 6 atom stereocenters. The largest absolute Gasteiger partial charge is 0.497 e. The molecule has 3 nitrogen and oxygen atoms in total. The van der Waals surface area contributed by atoms with Crippen LogP contribution in [0.2, 0.25) is 37.8 Å². The Labute approximate surface area is 286 Å². The van der Waals surface area contributed by atoms with Gasteiger partial charge < -0.3 is 13.6 Å². The molecule has 1 aromatic rings. The third-order valence-corrected chi connectivity index (χ3v) is 18.0. The average Bonchev–Trinajstić information content (AvgIpc) is 3.26. The van der Waals surface area contributed by atoms with Crippen LogP contribution in [0.5, 0.6) is 5.75 Å². The Bertz CT molecular complexity index is 1300. The van der Waals surface area contributed by atoms with Crippen molar-refractivity contribution in [3.63, 3.8) is 0 Å². The predicted molar refractivity (Wildman–Crippen MR) is 185 cm³/mol. The molecule has 0 unspecified atom stereocenters. The molecule has 0 radical (unpaired) electrons. The number of hydrogen-bond acceptors (Lipinski definition) is 3. The first-order valence-corrected chi connectivity index (χ1v) is 23.9. The quantitative estimate of drug-likeness (QED) is 0.0986. The van der Waals surface area contributed by atoms with Crippen molar-refractivity contribution in [3.05, 3.63) is 42.0 Å². The van der Waals surface area contributed by atoms with E-state index in [0.717, 1.165) is 37.9 Å². The number of unbranched alkanes of at least 4 members (excludes halogenated alkanes) is 1. The standard InChI is InChI=1S/C37H58F6O3Si2/c1-12-34-22-20-25-23-27(44-6)16-17-28(25)31(34)26(24-33(5)29(34)18-19-30(33)45-48(10,11)32(2,3)4)15-13-14-21-35(36(38,39)40,37(41,42)43)46-47(7,8)9/h12,16-17,23,26,29-31H,1,13-15,18-22,24H2,2-11H3/t26-,29+,30-,31+,33-,34-/m0/s1. The van der Waals surface area contributed by atoms with E-state index in [1.54, 1.807) is 7.11 Å². The van der Waals surface area contributed by atoms with Crippen molar-refractivity contribution in [3.8, 4) is 5.75 Å². The van der Waals surface area contributed by atoms with Crippen molar-refractivity contribution < 1.29 is 39.9 Å². The van der Waals surface area contributed by atoms with Gasteiger partial charge in [-0.1, -0.05) is 46.3 Å². The number of alkyl halides is 6. The molecule has 48 heavy (non-hydrogen) atoms. The molecular weight excluding hydrogens is 663 g/mol.